The first-order valence-corrected chi connectivity index (χ1v) is 6.84. The monoisotopic (exact) mass is 272 g/mol. The number of hydrogen-bond acceptors (Lipinski definition) is 3. The van der Waals surface area contributed by atoms with Crippen LogP contribution >= 0.6 is 0 Å². The van der Waals surface area contributed by atoms with Crippen molar-refractivity contribution in [1.29, 1.82) is 0 Å². The van der Waals surface area contributed by atoms with E-state index in [0.29, 0.717) is 5.56 Å². The maximum atomic E-state index is 12.2. The van der Waals surface area contributed by atoms with Gasteiger partial charge in [-0.1, -0.05) is 29.8 Å². The summed E-state index contributed by atoms with van der Waals surface area (Å²) in [5.74, 6) is -0.365. The molecule has 1 unspecified atom stereocenters. The molecule has 1 aliphatic rings. The molecule has 2 rings (SSSR count). The van der Waals surface area contributed by atoms with Crippen molar-refractivity contribution in [3.8, 4) is 0 Å². The molecule has 0 aromatic heterocycles. The molecule has 106 valence electrons. The molecule has 1 aromatic carbocycles. The number of amides is 1. The summed E-state index contributed by atoms with van der Waals surface area (Å²) < 4.78 is 0. The lowest BCUT2D eigenvalue weighted by atomic mass is 10.1. The van der Waals surface area contributed by atoms with Crippen molar-refractivity contribution in [2.24, 2.45) is 5.73 Å². The van der Waals surface area contributed by atoms with E-state index in [1.807, 2.05) is 43.0 Å². The topological polar surface area (TPSA) is 63.4 Å². The van der Waals surface area contributed by atoms with E-state index in [0.717, 1.165) is 30.6 Å². The third kappa shape index (κ3) is 3.07. The molecular weight excluding hydrogens is 252 g/mol. The van der Waals surface area contributed by atoms with Crippen LogP contribution in [0.4, 0.5) is 0 Å². The van der Waals surface area contributed by atoms with Crippen molar-refractivity contribution in [2.75, 3.05) is 6.54 Å². The van der Waals surface area contributed by atoms with Crippen LogP contribution in [0.15, 0.2) is 36.0 Å². The van der Waals surface area contributed by atoms with Crippen LogP contribution in [0.5, 0.6) is 0 Å². The SMILES string of the molecule is C/C(=C/C(=O)c1ccc(C)cc1)N1CCCC1C(N)=O. The first-order chi connectivity index (χ1) is 9.49. The number of nitrogens with two attached hydrogens (primary N) is 1. The molecule has 4 heteroatoms. The Balaban J connectivity index is 2.15. The Hall–Kier alpha value is -2.10. The van der Waals surface area contributed by atoms with Gasteiger partial charge in [-0.25, -0.2) is 0 Å². The number of carbonyl (C=O) groups excluding carboxylic acids is 2. The number of carbonyl (C=O) groups is 2. The molecule has 1 atom stereocenters. The molecule has 20 heavy (non-hydrogen) atoms. The molecule has 1 fully saturated rings. The van der Waals surface area contributed by atoms with Gasteiger partial charge in [0.05, 0.1) is 0 Å². The molecule has 2 N–H and O–H groups in total. The number of hydrogen-bond donors (Lipinski definition) is 1. The highest BCUT2D eigenvalue weighted by molar-refractivity contribution is 6.04. The zero-order valence-corrected chi connectivity index (χ0v) is 11.9. The van der Waals surface area contributed by atoms with Crippen LogP contribution in [0.3, 0.4) is 0 Å². The van der Waals surface area contributed by atoms with Crippen molar-refractivity contribution in [2.45, 2.75) is 32.7 Å². The predicted octanol–water partition coefficient (Wildman–Crippen LogP) is 2.03. The van der Waals surface area contributed by atoms with Crippen LogP contribution in [0.1, 0.15) is 35.7 Å². The first-order valence-electron chi connectivity index (χ1n) is 6.84. The van der Waals surface area contributed by atoms with Crippen LogP contribution in [0, 0.1) is 6.92 Å². The molecule has 1 aliphatic heterocycles. The van der Waals surface area contributed by atoms with E-state index < -0.39 is 0 Å². The van der Waals surface area contributed by atoms with Crippen molar-refractivity contribution >= 4 is 11.7 Å². The van der Waals surface area contributed by atoms with Crippen LogP contribution in [0.25, 0.3) is 0 Å². The first kappa shape index (κ1) is 14.3. The summed E-state index contributed by atoms with van der Waals surface area (Å²) in [5, 5.41) is 0. The maximum absolute atomic E-state index is 12.2. The largest absolute Gasteiger partial charge is 0.368 e. The van der Waals surface area contributed by atoms with Gasteiger partial charge in [-0.05, 0) is 26.7 Å². The summed E-state index contributed by atoms with van der Waals surface area (Å²) >= 11 is 0. The van der Waals surface area contributed by atoms with Gasteiger partial charge >= 0.3 is 0 Å². The quantitative estimate of drug-likeness (QED) is 0.674. The number of rotatable bonds is 4. The number of aryl methyl sites for hydroxylation is 1. The van der Waals surface area contributed by atoms with Crippen molar-refractivity contribution in [1.82, 2.24) is 4.90 Å². The number of ketones is 1. The second kappa shape index (κ2) is 5.90. The fourth-order valence-corrected chi connectivity index (χ4v) is 2.56. The van der Waals surface area contributed by atoms with E-state index >= 15 is 0 Å². The van der Waals surface area contributed by atoms with Gasteiger partial charge in [0.25, 0.3) is 0 Å². The smallest absolute Gasteiger partial charge is 0.240 e. The summed E-state index contributed by atoms with van der Waals surface area (Å²) in [6.45, 7) is 4.61. The van der Waals surface area contributed by atoms with E-state index in [1.54, 1.807) is 6.08 Å². The second-order valence-corrected chi connectivity index (χ2v) is 5.27. The standard InChI is InChI=1S/C16H20N2O2/c1-11-5-7-13(8-6-11)15(19)10-12(2)18-9-3-4-14(18)16(17)20/h5-8,10,14H,3-4,9H2,1-2H3,(H2,17,20)/b12-10-. The molecule has 0 spiro atoms. The van der Waals surface area contributed by atoms with Crippen LogP contribution < -0.4 is 5.73 Å². The molecular formula is C16H20N2O2. The van der Waals surface area contributed by atoms with Gasteiger partial charge < -0.3 is 10.6 Å². The van der Waals surface area contributed by atoms with Crippen molar-refractivity contribution in [3.05, 3.63) is 47.2 Å². The highest BCUT2D eigenvalue weighted by Crippen LogP contribution is 2.22. The number of primary amides is 1. The average molecular weight is 272 g/mol. The van der Waals surface area contributed by atoms with Crippen molar-refractivity contribution < 1.29 is 9.59 Å². The van der Waals surface area contributed by atoms with Gasteiger partial charge in [0.2, 0.25) is 5.91 Å². The summed E-state index contributed by atoms with van der Waals surface area (Å²) in [5.41, 5.74) is 7.97. The predicted molar refractivity (Wildman–Crippen MR) is 78.2 cm³/mol. The summed E-state index contributed by atoms with van der Waals surface area (Å²) in [6, 6.07) is 7.18. The van der Waals surface area contributed by atoms with Crippen LogP contribution in [-0.2, 0) is 4.79 Å². The Morgan fingerprint density at radius 1 is 1.30 bits per heavy atom. The Kier molecular flexibility index (Phi) is 4.23. The lowest BCUT2D eigenvalue weighted by Gasteiger charge is -2.24. The van der Waals surface area contributed by atoms with E-state index in [4.69, 9.17) is 5.73 Å². The van der Waals surface area contributed by atoms with Crippen LogP contribution in [-0.4, -0.2) is 29.2 Å². The van der Waals surface area contributed by atoms with E-state index in [1.165, 1.54) is 0 Å². The second-order valence-electron chi connectivity index (χ2n) is 5.27. The number of benzene rings is 1. The number of nitrogens with zero attached hydrogens (tertiary/aromatic N) is 1. The van der Waals surface area contributed by atoms with Gasteiger partial charge in [-0.15, -0.1) is 0 Å². The Labute approximate surface area is 119 Å². The minimum atomic E-state index is -0.321. The third-order valence-corrected chi connectivity index (χ3v) is 3.71. The molecule has 0 radical (unpaired) electrons. The molecule has 1 heterocycles. The van der Waals surface area contributed by atoms with Crippen LogP contribution in [0.2, 0.25) is 0 Å². The highest BCUT2D eigenvalue weighted by Gasteiger charge is 2.29. The summed E-state index contributed by atoms with van der Waals surface area (Å²) in [6.07, 6.45) is 3.28. The Morgan fingerprint density at radius 2 is 1.95 bits per heavy atom. The lowest BCUT2D eigenvalue weighted by Crippen LogP contribution is -2.39. The van der Waals surface area contributed by atoms with Gasteiger partial charge in [-0.3, -0.25) is 9.59 Å². The fourth-order valence-electron chi connectivity index (χ4n) is 2.56. The normalized spacial score (nSPS) is 19.2. The fraction of sp³-hybridized carbons (Fsp3) is 0.375. The van der Waals surface area contributed by atoms with Gasteiger partial charge in [0.15, 0.2) is 5.78 Å². The molecule has 0 saturated carbocycles. The molecule has 0 aliphatic carbocycles. The Bertz CT molecular complexity index is 546. The molecule has 1 amide bonds. The minimum absolute atomic E-state index is 0.0439. The average Bonchev–Trinajstić information content (AvgIpc) is 2.88. The lowest BCUT2D eigenvalue weighted by molar-refractivity contribution is -0.121. The zero-order valence-electron chi connectivity index (χ0n) is 11.9. The van der Waals surface area contributed by atoms with E-state index in [-0.39, 0.29) is 17.7 Å². The molecule has 4 nitrogen and oxygen atoms in total. The van der Waals surface area contributed by atoms with Gasteiger partial charge in [-0.2, -0.15) is 0 Å². The maximum Gasteiger partial charge on any atom is 0.240 e. The molecule has 1 saturated heterocycles. The minimum Gasteiger partial charge on any atom is -0.368 e. The van der Waals surface area contributed by atoms with E-state index in [9.17, 15) is 9.59 Å². The Morgan fingerprint density at radius 3 is 2.55 bits per heavy atom. The third-order valence-electron chi connectivity index (χ3n) is 3.71. The van der Waals surface area contributed by atoms with Gasteiger partial charge in [0.1, 0.15) is 6.04 Å². The molecule has 1 aromatic rings. The highest BCUT2D eigenvalue weighted by atomic mass is 16.1. The summed E-state index contributed by atoms with van der Waals surface area (Å²) in [4.78, 5) is 25.5. The molecule has 0 bridgehead atoms. The summed E-state index contributed by atoms with van der Waals surface area (Å²) in [7, 11) is 0. The number of likely N-dealkylation sites (tertiary alicyclic amines) is 1. The zero-order chi connectivity index (χ0) is 14.7. The van der Waals surface area contributed by atoms with Crippen molar-refractivity contribution in [3.63, 3.8) is 0 Å². The number of allylic oxidation sites excluding steroid dienone is 2. The van der Waals surface area contributed by atoms with E-state index in [2.05, 4.69) is 0 Å². The van der Waals surface area contributed by atoms with Gasteiger partial charge in [0, 0.05) is 23.9 Å².